The van der Waals surface area contributed by atoms with E-state index in [-0.39, 0.29) is 6.42 Å². The zero-order valence-electron chi connectivity index (χ0n) is 9.70. The molecule has 0 aliphatic heterocycles. The molecule has 0 aromatic heterocycles. The van der Waals surface area contributed by atoms with Crippen molar-refractivity contribution in [2.24, 2.45) is 5.92 Å². The van der Waals surface area contributed by atoms with Crippen molar-refractivity contribution >= 4 is 17.6 Å². The molecule has 0 spiro atoms. The van der Waals surface area contributed by atoms with E-state index in [0.717, 1.165) is 5.56 Å². The van der Waals surface area contributed by atoms with Crippen molar-refractivity contribution in [2.45, 2.75) is 26.2 Å². The second-order valence-corrected chi connectivity index (χ2v) is 4.97. The van der Waals surface area contributed by atoms with Crippen LogP contribution in [0, 0.1) is 12.8 Å². The molecule has 4 heteroatoms. The highest BCUT2D eigenvalue weighted by Gasteiger charge is 2.23. The molecule has 0 heterocycles. The standard InChI is InChI=1S/C13H15ClO3/c1-8-4-10(6-12(15)16)13(11(14)5-8)17-7-9-2-3-9/h4-5,9H,2-3,6-7H2,1H3,(H,15,16). The Balaban J connectivity index is 2.21. The summed E-state index contributed by atoms with van der Waals surface area (Å²) in [7, 11) is 0. The van der Waals surface area contributed by atoms with Crippen molar-refractivity contribution < 1.29 is 14.6 Å². The topological polar surface area (TPSA) is 46.5 Å². The minimum atomic E-state index is -0.872. The van der Waals surface area contributed by atoms with E-state index in [1.54, 1.807) is 6.07 Å². The van der Waals surface area contributed by atoms with Crippen LogP contribution in [-0.2, 0) is 11.2 Å². The Morgan fingerprint density at radius 3 is 2.82 bits per heavy atom. The summed E-state index contributed by atoms with van der Waals surface area (Å²) in [5, 5.41) is 9.37. The molecule has 17 heavy (non-hydrogen) atoms. The maximum absolute atomic E-state index is 10.8. The third-order valence-electron chi connectivity index (χ3n) is 2.77. The number of rotatable bonds is 5. The maximum atomic E-state index is 10.8. The molecule has 1 aliphatic carbocycles. The highest BCUT2D eigenvalue weighted by molar-refractivity contribution is 6.32. The van der Waals surface area contributed by atoms with Gasteiger partial charge in [0.25, 0.3) is 0 Å². The van der Waals surface area contributed by atoms with Crippen LogP contribution >= 0.6 is 11.6 Å². The van der Waals surface area contributed by atoms with Gasteiger partial charge in [-0.3, -0.25) is 4.79 Å². The third kappa shape index (κ3) is 3.37. The molecule has 1 saturated carbocycles. The van der Waals surface area contributed by atoms with Crippen molar-refractivity contribution in [3.8, 4) is 5.75 Å². The SMILES string of the molecule is Cc1cc(Cl)c(OCC2CC2)c(CC(=O)O)c1. The molecule has 0 saturated heterocycles. The van der Waals surface area contributed by atoms with Crippen molar-refractivity contribution in [1.29, 1.82) is 0 Å². The molecule has 1 aromatic rings. The Hall–Kier alpha value is -1.22. The fourth-order valence-corrected chi connectivity index (χ4v) is 2.09. The van der Waals surface area contributed by atoms with E-state index in [1.807, 2.05) is 13.0 Å². The number of carbonyl (C=O) groups is 1. The second kappa shape index (κ2) is 4.96. The fourth-order valence-electron chi connectivity index (χ4n) is 1.74. The molecule has 0 bridgehead atoms. The van der Waals surface area contributed by atoms with Gasteiger partial charge in [-0.15, -0.1) is 0 Å². The highest BCUT2D eigenvalue weighted by Crippen LogP contribution is 2.34. The Morgan fingerprint density at radius 2 is 2.24 bits per heavy atom. The number of ether oxygens (including phenoxy) is 1. The molecule has 2 rings (SSSR count). The van der Waals surface area contributed by atoms with Crippen molar-refractivity contribution in [3.63, 3.8) is 0 Å². The van der Waals surface area contributed by atoms with Crippen LogP contribution in [0.1, 0.15) is 24.0 Å². The first-order chi connectivity index (χ1) is 8.06. The number of carboxylic acids is 1. The summed E-state index contributed by atoms with van der Waals surface area (Å²) >= 11 is 6.10. The predicted molar refractivity (Wildman–Crippen MR) is 65.7 cm³/mol. The Morgan fingerprint density at radius 1 is 1.53 bits per heavy atom. The van der Waals surface area contributed by atoms with Gasteiger partial charge in [0, 0.05) is 5.56 Å². The van der Waals surface area contributed by atoms with Crippen LogP contribution in [-0.4, -0.2) is 17.7 Å². The van der Waals surface area contributed by atoms with Gasteiger partial charge < -0.3 is 9.84 Å². The lowest BCUT2D eigenvalue weighted by Gasteiger charge is -2.13. The summed E-state index contributed by atoms with van der Waals surface area (Å²) in [4.78, 5) is 10.8. The summed E-state index contributed by atoms with van der Waals surface area (Å²) in [6.07, 6.45) is 2.33. The van der Waals surface area contributed by atoms with Crippen LogP contribution in [0.15, 0.2) is 12.1 Å². The summed E-state index contributed by atoms with van der Waals surface area (Å²) in [6.45, 7) is 2.53. The smallest absolute Gasteiger partial charge is 0.307 e. The summed E-state index contributed by atoms with van der Waals surface area (Å²) in [6, 6.07) is 3.62. The number of aliphatic carboxylic acids is 1. The molecule has 0 unspecified atom stereocenters. The van der Waals surface area contributed by atoms with Crippen LogP contribution in [0.2, 0.25) is 5.02 Å². The molecular weight excluding hydrogens is 240 g/mol. The average Bonchev–Trinajstić information content (AvgIpc) is 2.98. The van der Waals surface area contributed by atoms with Gasteiger partial charge in [-0.25, -0.2) is 0 Å². The van der Waals surface area contributed by atoms with E-state index >= 15 is 0 Å². The van der Waals surface area contributed by atoms with Crippen LogP contribution in [0.3, 0.4) is 0 Å². The quantitative estimate of drug-likeness (QED) is 0.878. The number of hydrogen-bond donors (Lipinski definition) is 1. The van der Waals surface area contributed by atoms with E-state index in [2.05, 4.69) is 0 Å². The van der Waals surface area contributed by atoms with Gasteiger partial charge in [-0.05, 0) is 37.3 Å². The first-order valence-electron chi connectivity index (χ1n) is 5.70. The molecule has 1 aromatic carbocycles. The lowest BCUT2D eigenvalue weighted by Crippen LogP contribution is -2.07. The predicted octanol–water partition coefficient (Wildman–Crippen LogP) is 3.06. The second-order valence-electron chi connectivity index (χ2n) is 4.56. The summed E-state index contributed by atoms with van der Waals surface area (Å²) < 4.78 is 5.65. The highest BCUT2D eigenvalue weighted by atomic mass is 35.5. The average molecular weight is 255 g/mol. The first-order valence-corrected chi connectivity index (χ1v) is 6.07. The van der Waals surface area contributed by atoms with Crippen LogP contribution in [0.4, 0.5) is 0 Å². The molecular formula is C13H15ClO3. The Bertz CT molecular complexity index is 439. The molecule has 92 valence electrons. The number of hydrogen-bond acceptors (Lipinski definition) is 2. The molecule has 0 atom stereocenters. The van der Waals surface area contributed by atoms with Crippen molar-refractivity contribution in [1.82, 2.24) is 0 Å². The van der Waals surface area contributed by atoms with E-state index in [9.17, 15) is 4.79 Å². The lowest BCUT2D eigenvalue weighted by atomic mass is 10.1. The van der Waals surface area contributed by atoms with Crippen LogP contribution in [0.5, 0.6) is 5.75 Å². The lowest BCUT2D eigenvalue weighted by molar-refractivity contribution is -0.136. The van der Waals surface area contributed by atoms with Crippen molar-refractivity contribution in [3.05, 3.63) is 28.3 Å². The fraction of sp³-hybridized carbons (Fsp3) is 0.462. The van der Waals surface area contributed by atoms with Gasteiger partial charge in [-0.2, -0.15) is 0 Å². The molecule has 1 aliphatic rings. The third-order valence-corrected chi connectivity index (χ3v) is 3.05. The van der Waals surface area contributed by atoms with Gasteiger partial charge in [0.1, 0.15) is 5.75 Å². The minimum absolute atomic E-state index is 0.0542. The molecule has 0 amide bonds. The van der Waals surface area contributed by atoms with E-state index in [1.165, 1.54) is 12.8 Å². The van der Waals surface area contributed by atoms with E-state index in [4.69, 9.17) is 21.4 Å². The molecule has 3 nitrogen and oxygen atoms in total. The molecule has 1 fully saturated rings. The molecule has 1 N–H and O–H groups in total. The normalized spacial score (nSPS) is 14.7. The van der Waals surface area contributed by atoms with Crippen LogP contribution in [0.25, 0.3) is 0 Å². The van der Waals surface area contributed by atoms with Crippen molar-refractivity contribution in [2.75, 3.05) is 6.61 Å². The monoisotopic (exact) mass is 254 g/mol. The number of carboxylic acid groups (broad SMARTS) is 1. The molecule has 0 radical (unpaired) electrons. The minimum Gasteiger partial charge on any atom is -0.491 e. The van der Waals surface area contributed by atoms with Gasteiger partial charge in [-0.1, -0.05) is 17.7 Å². The zero-order valence-corrected chi connectivity index (χ0v) is 10.5. The number of aryl methyl sites for hydroxylation is 1. The summed E-state index contributed by atoms with van der Waals surface area (Å²) in [5.74, 6) is 0.277. The van der Waals surface area contributed by atoms with Gasteiger partial charge >= 0.3 is 5.97 Å². The van der Waals surface area contributed by atoms with E-state index < -0.39 is 5.97 Å². The zero-order chi connectivity index (χ0) is 12.4. The Labute approximate surface area is 105 Å². The van der Waals surface area contributed by atoms with Gasteiger partial charge in [0.2, 0.25) is 0 Å². The summed E-state index contributed by atoms with van der Waals surface area (Å²) in [5.41, 5.74) is 1.60. The van der Waals surface area contributed by atoms with Gasteiger partial charge in [0.15, 0.2) is 0 Å². The maximum Gasteiger partial charge on any atom is 0.307 e. The Kier molecular flexibility index (Phi) is 3.57. The first kappa shape index (κ1) is 12.2. The number of halogens is 1. The number of benzene rings is 1. The van der Waals surface area contributed by atoms with Crippen LogP contribution < -0.4 is 4.74 Å². The van der Waals surface area contributed by atoms with E-state index in [0.29, 0.717) is 28.9 Å². The van der Waals surface area contributed by atoms with Gasteiger partial charge in [0.05, 0.1) is 18.1 Å². The largest absolute Gasteiger partial charge is 0.491 e.